The van der Waals surface area contributed by atoms with E-state index < -0.39 is 35.4 Å². The van der Waals surface area contributed by atoms with Crippen molar-refractivity contribution in [2.24, 2.45) is 0 Å². The molecule has 3 amide bonds. The fourth-order valence-corrected chi connectivity index (χ4v) is 4.21. The maximum absolute atomic E-state index is 15.1. The molecule has 192 valence electrons. The normalized spacial score (nSPS) is 16.7. The molecule has 36 heavy (non-hydrogen) atoms. The third-order valence-electron chi connectivity index (χ3n) is 5.87. The number of carbonyl (C=O) groups excluding carboxylic acids is 3. The third-order valence-corrected chi connectivity index (χ3v) is 5.87. The fourth-order valence-electron chi connectivity index (χ4n) is 4.21. The molecule has 2 aliphatic heterocycles. The molecule has 0 bridgehead atoms. The molecule has 1 N–H and O–H groups in total. The summed E-state index contributed by atoms with van der Waals surface area (Å²) in [6.07, 6.45) is -2.09. The van der Waals surface area contributed by atoms with Crippen LogP contribution in [0.1, 0.15) is 41.5 Å². The molecule has 2 aliphatic rings. The number of morpholine rings is 1. The Morgan fingerprint density at radius 1 is 1.11 bits per heavy atom. The van der Waals surface area contributed by atoms with E-state index in [2.05, 4.69) is 0 Å². The summed E-state index contributed by atoms with van der Waals surface area (Å²) in [7, 11) is 0. The number of carbonyl (C=O) groups is 3. The molecule has 2 heterocycles. The first-order chi connectivity index (χ1) is 17.0. The number of hydrogen-bond acceptors (Lipinski definition) is 7. The SMILES string of the molecule is CC(C)(C)OC(=O)N(C[C@H](O)CN1C(=O)c2ccccc2C1=O)c1ccc(N2CCOCC2)c(F)c1. The quantitative estimate of drug-likeness (QED) is 0.610. The van der Waals surface area contributed by atoms with Crippen LogP contribution in [0.5, 0.6) is 0 Å². The molecule has 1 fully saturated rings. The summed E-state index contributed by atoms with van der Waals surface area (Å²) >= 11 is 0. The molecule has 1 atom stereocenters. The van der Waals surface area contributed by atoms with E-state index in [9.17, 15) is 19.5 Å². The molecule has 0 radical (unpaired) electrons. The summed E-state index contributed by atoms with van der Waals surface area (Å²) in [5, 5.41) is 10.8. The fraction of sp³-hybridized carbons (Fsp3) is 0.423. The van der Waals surface area contributed by atoms with Crippen LogP contribution in [-0.2, 0) is 9.47 Å². The van der Waals surface area contributed by atoms with Crippen LogP contribution < -0.4 is 9.80 Å². The summed E-state index contributed by atoms with van der Waals surface area (Å²) in [5.41, 5.74) is 0.256. The number of hydrogen-bond donors (Lipinski definition) is 1. The minimum atomic E-state index is -1.30. The van der Waals surface area contributed by atoms with Gasteiger partial charge in [-0.3, -0.25) is 19.4 Å². The highest BCUT2D eigenvalue weighted by Gasteiger charge is 2.37. The molecule has 0 aliphatic carbocycles. The van der Waals surface area contributed by atoms with Crippen molar-refractivity contribution < 1.29 is 33.4 Å². The number of anilines is 2. The Kier molecular flexibility index (Phi) is 7.28. The summed E-state index contributed by atoms with van der Waals surface area (Å²) in [5.74, 6) is -1.56. The molecule has 0 aromatic heterocycles. The smallest absolute Gasteiger partial charge is 0.414 e. The zero-order valence-electron chi connectivity index (χ0n) is 20.6. The van der Waals surface area contributed by atoms with Crippen molar-refractivity contribution >= 4 is 29.3 Å². The number of nitrogens with zero attached hydrogens (tertiary/aromatic N) is 3. The lowest BCUT2D eigenvalue weighted by atomic mass is 10.1. The van der Waals surface area contributed by atoms with E-state index >= 15 is 4.39 Å². The molecule has 0 spiro atoms. The first-order valence-corrected chi connectivity index (χ1v) is 11.8. The van der Waals surface area contributed by atoms with Crippen molar-refractivity contribution in [2.45, 2.75) is 32.5 Å². The van der Waals surface area contributed by atoms with Gasteiger partial charge in [-0.2, -0.15) is 0 Å². The minimum absolute atomic E-state index is 0.181. The number of halogens is 1. The second-order valence-corrected chi connectivity index (χ2v) is 9.75. The predicted molar refractivity (Wildman–Crippen MR) is 131 cm³/mol. The van der Waals surface area contributed by atoms with E-state index in [1.54, 1.807) is 57.2 Å². The molecule has 0 saturated carbocycles. The van der Waals surface area contributed by atoms with Crippen molar-refractivity contribution in [3.63, 3.8) is 0 Å². The Balaban J connectivity index is 1.54. The number of benzene rings is 2. The summed E-state index contributed by atoms with van der Waals surface area (Å²) in [6, 6.07) is 10.8. The zero-order valence-corrected chi connectivity index (χ0v) is 20.6. The highest BCUT2D eigenvalue weighted by atomic mass is 19.1. The zero-order chi connectivity index (χ0) is 26.0. The average molecular weight is 500 g/mol. The van der Waals surface area contributed by atoms with Crippen LogP contribution in [0.4, 0.5) is 20.6 Å². The van der Waals surface area contributed by atoms with Gasteiger partial charge in [0.15, 0.2) is 0 Å². The average Bonchev–Trinajstić information content (AvgIpc) is 3.07. The number of imide groups is 1. The standard InChI is InChI=1S/C26H30FN3O6/c1-26(2,3)36-25(34)29(17-8-9-22(21(27)14-17)28-10-12-35-13-11-28)15-18(31)16-30-23(32)19-6-4-5-7-20(19)24(30)33/h4-9,14,18,31H,10-13,15-16H2,1-3H3/t18-/m0/s1. The maximum Gasteiger partial charge on any atom is 0.414 e. The van der Waals surface area contributed by atoms with Crippen molar-refractivity contribution in [1.82, 2.24) is 4.90 Å². The van der Waals surface area contributed by atoms with Crippen LogP contribution in [0, 0.1) is 5.82 Å². The largest absolute Gasteiger partial charge is 0.443 e. The van der Waals surface area contributed by atoms with Gasteiger partial charge in [-0.15, -0.1) is 0 Å². The van der Waals surface area contributed by atoms with Gasteiger partial charge in [0, 0.05) is 13.1 Å². The Hall–Kier alpha value is -3.50. The molecular formula is C26H30FN3O6. The lowest BCUT2D eigenvalue weighted by molar-refractivity contribution is 0.0504. The molecule has 9 nitrogen and oxygen atoms in total. The molecule has 0 unspecified atom stereocenters. The van der Waals surface area contributed by atoms with Crippen LogP contribution in [0.15, 0.2) is 42.5 Å². The minimum Gasteiger partial charge on any atom is -0.443 e. The van der Waals surface area contributed by atoms with Crippen LogP contribution in [0.3, 0.4) is 0 Å². The Morgan fingerprint density at radius 3 is 2.28 bits per heavy atom. The number of amides is 3. The maximum atomic E-state index is 15.1. The summed E-state index contributed by atoms with van der Waals surface area (Å²) in [4.78, 5) is 42.3. The number of fused-ring (bicyclic) bond motifs is 1. The highest BCUT2D eigenvalue weighted by molar-refractivity contribution is 6.21. The van der Waals surface area contributed by atoms with Gasteiger partial charge in [-0.1, -0.05) is 12.1 Å². The van der Waals surface area contributed by atoms with Crippen LogP contribution in [-0.4, -0.2) is 79.0 Å². The molecule has 1 saturated heterocycles. The first-order valence-electron chi connectivity index (χ1n) is 11.8. The van der Waals surface area contributed by atoms with E-state index in [1.165, 1.54) is 6.07 Å². The highest BCUT2D eigenvalue weighted by Crippen LogP contribution is 2.28. The van der Waals surface area contributed by atoms with Gasteiger partial charge in [0.25, 0.3) is 11.8 Å². The van der Waals surface area contributed by atoms with E-state index in [0.717, 1.165) is 9.80 Å². The summed E-state index contributed by atoms with van der Waals surface area (Å²) < 4.78 is 25.9. The van der Waals surface area contributed by atoms with Gasteiger partial charge >= 0.3 is 6.09 Å². The number of ether oxygens (including phenoxy) is 2. The van der Waals surface area contributed by atoms with Crippen molar-refractivity contribution in [3.05, 3.63) is 59.4 Å². The van der Waals surface area contributed by atoms with E-state index in [4.69, 9.17) is 9.47 Å². The monoisotopic (exact) mass is 499 g/mol. The Morgan fingerprint density at radius 2 is 1.72 bits per heavy atom. The molecular weight excluding hydrogens is 469 g/mol. The molecule has 2 aromatic carbocycles. The number of β-amino-alcohol motifs (C(OH)–C–C–N with tert-alkyl or cyclic N) is 1. The van der Waals surface area contributed by atoms with Crippen molar-refractivity contribution in [3.8, 4) is 0 Å². The van der Waals surface area contributed by atoms with E-state index in [1.807, 2.05) is 4.90 Å². The number of rotatable bonds is 6. The van der Waals surface area contributed by atoms with E-state index in [-0.39, 0.29) is 29.9 Å². The summed E-state index contributed by atoms with van der Waals surface area (Å²) in [6.45, 7) is 6.51. The molecule has 10 heteroatoms. The third kappa shape index (κ3) is 5.50. The van der Waals surface area contributed by atoms with Gasteiger partial charge < -0.3 is 19.5 Å². The van der Waals surface area contributed by atoms with Crippen molar-refractivity contribution in [2.75, 3.05) is 49.2 Å². The Labute approximate surface area is 209 Å². The second kappa shape index (κ2) is 10.2. The lowest BCUT2D eigenvalue weighted by Gasteiger charge is -2.31. The number of aliphatic hydroxyl groups excluding tert-OH is 1. The second-order valence-electron chi connectivity index (χ2n) is 9.75. The molecule has 4 rings (SSSR count). The number of aliphatic hydroxyl groups is 1. The van der Waals surface area contributed by atoms with Crippen LogP contribution in [0.25, 0.3) is 0 Å². The topological polar surface area (TPSA) is 99.6 Å². The first kappa shape index (κ1) is 25.6. The van der Waals surface area contributed by atoms with Gasteiger partial charge in [0.1, 0.15) is 11.4 Å². The predicted octanol–water partition coefficient (Wildman–Crippen LogP) is 3.06. The van der Waals surface area contributed by atoms with Crippen LogP contribution in [0.2, 0.25) is 0 Å². The van der Waals surface area contributed by atoms with E-state index in [0.29, 0.717) is 32.0 Å². The van der Waals surface area contributed by atoms with Gasteiger partial charge in [0.05, 0.1) is 54.9 Å². The Bertz CT molecular complexity index is 1120. The van der Waals surface area contributed by atoms with Gasteiger partial charge in [-0.25, -0.2) is 9.18 Å². The van der Waals surface area contributed by atoms with Gasteiger partial charge in [0.2, 0.25) is 0 Å². The van der Waals surface area contributed by atoms with Crippen LogP contribution >= 0.6 is 0 Å². The van der Waals surface area contributed by atoms with Gasteiger partial charge in [-0.05, 0) is 51.1 Å². The molecule has 2 aromatic rings. The lowest BCUT2D eigenvalue weighted by Crippen LogP contribution is -2.46. The van der Waals surface area contributed by atoms with Crippen molar-refractivity contribution in [1.29, 1.82) is 0 Å².